The number of rotatable bonds is 11. The van der Waals surface area contributed by atoms with E-state index in [1.807, 2.05) is 26.0 Å². The third-order valence-corrected chi connectivity index (χ3v) is 7.53. The second-order valence-corrected chi connectivity index (χ2v) is 10.4. The first-order chi connectivity index (χ1) is 17.5. The molecule has 1 amide bonds. The van der Waals surface area contributed by atoms with E-state index in [1.165, 1.54) is 16.2 Å². The Bertz CT molecular complexity index is 1190. The SMILES string of the molecule is CCOCCCN1C(=O)/C(=C\c2c(NCCCN3CCOCC3)nc3c(C)cccn3c2=O)SC1=S. The van der Waals surface area contributed by atoms with E-state index in [-0.39, 0.29) is 11.5 Å². The van der Waals surface area contributed by atoms with Crippen LogP contribution in [0.25, 0.3) is 11.7 Å². The molecule has 0 radical (unpaired) electrons. The molecule has 2 aromatic heterocycles. The number of aryl methyl sites for hydroxylation is 1. The molecule has 194 valence electrons. The summed E-state index contributed by atoms with van der Waals surface area (Å²) in [5.74, 6) is 0.298. The number of amides is 1. The van der Waals surface area contributed by atoms with Gasteiger partial charge in [0.05, 0.1) is 23.7 Å². The monoisotopic (exact) mass is 531 g/mol. The number of nitrogens with one attached hydrogen (secondary N) is 1. The molecule has 1 N–H and O–H groups in total. The highest BCUT2D eigenvalue weighted by Gasteiger charge is 2.32. The molecule has 0 bridgehead atoms. The predicted octanol–water partition coefficient (Wildman–Crippen LogP) is 2.76. The van der Waals surface area contributed by atoms with Gasteiger partial charge in [0, 0.05) is 45.6 Å². The van der Waals surface area contributed by atoms with Crippen molar-refractivity contribution in [3.05, 3.63) is 44.7 Å². The molecule has 0 aromatic carbocycles. The smallest absolute Gasteiger partial charge is 0.267 e. The molecule has 4 rings (SSSR count). The van der Waals surface area contributed by atoms with Crippen molar-refractivity contribution in [3.63, 3.8) is 0 Å². The summed E-state index contributed by atoms with van der Waals surface area (Å²) in [7, 11) is 0. The van der Waals surface area contributed by atoms with Crippen molar-refractivity contribution in [2.75, 3.05) is 64.5 Å². The highest BCUT2D eigenvalue weighted by Crippen LogP contribution is 2.33. The lowest BCUT2D eigenvalue weighted by molar-refractivity contribution is -0.122. The Morgan fingerprint density at radius 2 is 2.06 bits per heavy atom. The molecule has 0 spiro atoms. The van der Waals surface area contributed by atoms with E-state index >= 15 is 0 Å². The van der Waals surface area contributed by atoms with Crippen LogP contribution in [0.1, 0.15) is 30.9 Å². The maximum Gasteiger partial charge on any atom is 0.267 e. The van der Waals surface area contributed by atoms with Gasteiger partial charge in [-0.3, -0.25) is 23.8 Å². The van der Waals surface area contributed by atoms with Crippen molar-refractivity contribution in [3.8, 4) is 0 Å². The lowest BCUT2D eigenvalue weighted by Gasteiger charge is -2.26. The fourth-order valence-electron chi connectivity index (χ4n) is 4.20. The summed E-state index contributed by atoms with van der Waals surface area (Å²) in [6.45, 7) is 10.6. The highest BCUT2D eigenvalue weighted by atomic mass is 32.2. The second-order valence-electron chi connectivity index (χ2n) is 8.68. The first-order valence-electron chi connectivity index (χ1n) is 12.4. The van der Waals surface area contributed by atoms with Crippen molar-refractivity contribution in [1.29, 1.82) is 0 Å². The Kier molecular flexibility index (Phi) is 9.49. The van der Waals surface area contributed by atoms with Crippen LogP contribution in [-0.4, -0.2) is 88.6 Å². The standard InChI is InChI=1S/C25H33N5O4S2/c1-3-33-14-6-11-30-24(32)20(36-25(30)35)17-19-21(26-8-5-9-28-12-15-34-16-13-28)27-22-18(2)7-4-10-29(22)23(19)31/h4,7,10,17,26H,3,5-6,8-9,11-16H2,1-2H3/b20-17+. The molecular formula is C25H33N5O4S2. The van der Waals surface area contributed by atoms with Gasteiger partial charge >= 0.3 is 0 Å². The van der Waals surface area contributed by atoms with Crippen molar-refractivity contribution >= 4 is 51.7 Å². The van der Waals surface area contributed by atoms with Gasteiger partial charge in [-0.15, -0.1) is 0 Å². The number of fused-ring (bicyclic) bond motifs is 1. The van der Waals surface area contributed by atoms with Crippen LogP contribution in [-0.2, 0) is 14.3 Å². The Labute approximate surface area is 220 Å². The first kappa shape index (κ1) is 26.7. The number of hydrogen-bond acceptors (Lipinski definition) is 9. The summed E-state index contributed by atoms with van der Waals surface area (Å²) in [6.07, 6.45) is 4.94. The number of anilines is 1. The zero-order valence-corrected chi connectivity index (χ0v) is 22.5. The van der Waals surface area contributed by atoms with Crippen molar-refractivity contribution in [1.82, 2.24) is 19.2 Å². The van der Waals surface area contributed by atoms with Crippen LogP contribution in [0.2, 0.25) is 0 Å². The number of ether oxygens (including phenoxy) is 2. The maximum absolute atomic E-state index is 13.5. The molecule has 2 aliphatic heterocycles. The van der Waals surface area contributed by atoms with E-state index in [2.05, 4.69) is 10.2 Å². The normalized spacial score (nSPS) is 18.1. The number of nitrogens with zero attached hydrogens (tertiary/aromatic N) is 4. The van der Waals surface area contributed by atoms with E-state index in [4.69, 9.17) is 26.7 Å². The lowest BCUT2D eigenvalue weighted by Crippen LogP contribution is -2.37. The minimum atomic E-state index is -0.221. The predicted molar refractivity (Wildman–Crippen MR) is 148 cm³/mol. The van der Waals surface area contributed by atoms with E-state index < -0.39 is 0 Å². The largest absolute Gasteiger partial charge is 0.382 e. The molecule has 4 heterocycles. The van der Waals surface area contributed by atoms with Crippen LogP contribution in [0.3, 0.4) is 0 Å². The third-order valence-electron chi connectivity index (χ3n) is 6.16. The fourth-order valence-corrected chi connectivity index (χ4v) is 5.49. The summed E-state index contributed by atoms with van der Waals surface area (Å²) in [5, 5.41) is 3.36. The van der Waals surface area contributed by atoms with E-state index in [1.54, 1.807) is 17.2 Å². The molecule has 2 fully saturated rings. The molecule has 36 heavy (non-hydrogen) atoms. The second kappa shape index (κ2) is 12.8. The van der Waals surface area contributed by atoms with E-state index in [0.717, 1.165) is 44.8 Å². The number of morpholine rings is 1. The zero-order valence-electron chi connectivity index (χ0n) is 20.8. The summed E-state index contributed by atoms with van der Waals surface area (Å²) >= 11 is 6.67. The Hall–Kier alpha value is -2.31. The number of carbonyl (C=O) groups excluding carboxylic acids is 1. The topological polar surface area (TPSA) is 88.4 Å². The number of thiocarbonyl (C=S) groups is 1. The van der Waals surface area contributed by atoms with Gasteiger partial charge in [-0.1, -0.05) is 30.0 Å². The van der Waals surface area contributed by atoms with Gasteiger partial charge in [-0.2, -0.15) is 0 Å². The first-order valence-corrected chi connectivity index (χ1v) is 13.6. The van der Waals surface area contributed by atoms with Gasteiger partial charge in [-0.05, 0) is 50.9 Å². The van der Waals surface area contributed by atoms with Crippen molar-refractivity contribution < 1.29 is 14.3 Å². The molecule has 11 heteroatoms. The van der Waals surface area contributed by atoms with Gasteiger partial charge in [-0.25, -0.2) is 4.98 Å². The van der Waals surface area contributed by atoms with Crippen molar-refractivity contribution in [2.45, 2.75) is 26.7 Å². The van der Waals surface area contributed by atoms with Crippen LogP contribution in [0.4, 0.5) is 5.82 Å². The number of pyridine rings is 1. The summed E-state index contributed by atoms with van der Waals surface area (Å²) in [4.78, 5) is 35.8. The highest BCUT2D eigenvalue weighted by molar-refractivity contribution is 8.26. The third kappa shape index (κ3) is 6.33. The molecule has 2 aromatic rings. The van der Waals surface area contributed by atoms with Gasteiger partial charge in [0.2, 0.25) is 0 Å². The van der Waals surface area contributed by atoms with Gasteiger partial charge in [0.25, 0.3) is 11.5 Å². The Balaban J connectivity index is 1.56. The van der Waals surface area contributed by atoms with Crippen LogP contribution >= 0.6 is 24.0 Å². The summed E-state index contributed by atoms with van der Waals surface area (Å²) in [6, 6.07) is 3.75. The van der Waals surface area contributed by atoms with E-state index in [9.17, 15) is 9.59 Å². The van der Waals surface area contributed by atoms with Gasteiger partial charge in [0.1, 0.15) is 15.8 Å². The average molecular weight is 532 g/mol. The fraction of sp³-hybridized carbons (Fsp3) is 0.520. The molecule has 9 nitrogen and oxygen atoms in total. The maximum atomic E-state index is 13.5. The van der Waals surface area contributed by atoms with Crippen LogP contribution in [0.15, 0.2) is 28.0 Å². The minimum Gasteiger partial charge on any atom is -0.382 e. The van der Waals surface area contributed by atoms with Crippen molar-refractivity contribution in [2.24, 2.45) is 0 Å². The summed E-state index contributed by atoms with van der Waals surface area (Å²) in [5.41, 5.74) is 1.64. The molecule has 0 aliphatic carbocycles. The Morgan fingerprint density at radius 1 is 1.25 bits per heavy atom. The number of thioether (sulfide) groups is 1. The average Bonchev–Trinajstić information content (AvgIpc) is 3.15. The number of aromatic nitrogens is 2. The van der Waals surface area contributed by atoms with Crippen LogP contribution in [0, 0.1) is 6.92 Å². The number of hydrogen-bond donors (Lipinski definition) is 1. The minimum absolute atomic E-state index is 0.187. The molecular weight excluding hydrogens is 498 g/mol. The molecule has 0 saturated carbocycles. The molecule has 0 atom stereocenters. The summed E-state index contributed by atoms with van der Waals surface area (Å²) < 4.78 is 12.8. The van der Waals surface area contributed by atoms with E-state index in [0.29, 0.717) is 59.0 Å². The molecule has 0 unspecified atom stereocenters. The zero-order chi connectivity index (χ0) is 25.5. The molecule has 2 saturated heterocycles. The lowest BCUT2D eigenvalue weighted by atomic mass is 10.2. The van der Waals surface area contributed by atoms with Gasteiger partial charge < -0.3 is 14.8 Å². The molecule has 2 aliphatic rings. The van der Waals surface area contributed by atoms with Crippen LogP contribution in [0.5, 0.6) is 0 Å². The van der Waals surface area contributed by atoms with Crippen LogP contribution < -0.4 is 10.9 Å². The number of carbonyl (C=O) groups is 1. The Morgan fingerprint density at radius 3 is 2.83 bits per heavy atom. The quantitative estimate of drug-likeness (QED) is 0.267. The van der Waals surface area contributed by atoms with Gasteiger partial charge in [0.15, 0.2) is 0 Å².